The van der Waals surface area contributed by atoms with E-state index in [2.05, 4.69) is 11.9 Å². The molecule has 0 heterocycles. The summed E-state index contributed by atoms with van der Waals surface area (Å²) in [5.74, 6) is -0.328. The number of esters is 1. The van der Waals surface area contributed by atoms with E-state index in [9.17, 15) is 4.79 Å². The molecule has 0 amide bonds. The minimum absolute atomic E-state index is 0.328. The largest absolute Gasteiger partial charge is 0.467 e. The van der Waals surface area contributed by atoms with E-state index in [4.69, 9.17) is 9.47 Å². The zero-order valence-corrected chi connectivity index (χ0v) is 15.3. The topological polar surface area (TPSA) is 47.9 Å². The van der Waals surface area contributed by atoms with Gasteiger partial charge in [-0.2, -0.15) is 0 Å². The molecule has 0 aromatic heterocycles. The van der Waals surface area contributed by atoms with Gasteiger partial charge in [0.1, 0.15) is 0 Å². The van der Waals surface area contributed by atoms with Crippen molar-refractivity contribution < 1.29 is 14.3 Å². The van der Waals surface area contributed by atoms with Crippen molar-refractivity contribution in [1.29, 1.82) is 0 Å². The van der Waals surface area contributed by atoms with E-state index in [0.29, 0.717) is 13.0 Å². The Balaban J connectivity index is 2.42. The first-order chi connectivity index (χ1) is 11.7. The van der Waals surface area contributed by atoms with Gasteiger partial charge in [-0.3, -0.25) is 4.99 Å². The number of rotatable bonds is 12. The maximum absolute atomic E-state index is 11.7. The first kappa shape index (κ1) is 20.4. The van der Waals surface area contributed by atoms with Crippen LogP contribution in [-0.2, 0) is 20.7 Å². The monoisotopic (exact) mass is 333 g/mol. The van der Waals surface area contributed by atoms with Crippen LogP contribution < -0.4 is 0 Å². The lowest BCUT2D eigenvalue weighted by Gasteiger charge is -2.14. The Kier molecular flexibility index (Phi) is 10.8. The van der Waals surface area contributed by atoms with Gasteiger partial charge in [0.2, 0.25) is 0 Å². The van der Waals surface area contributed by atoms with Crippen molar-refractivity contribution in [2.75, 3.05) is 20.3 Å². The van der Waals surface area contributed by atoms with Crippen LogP contribution in [-0.4, -0.2) is 38.5 Å². The number of benzene rings is 1. The summed E-state index contributed by atoms with van der Waals surface area (Å²) in [6, 6.07) is 8.07. The Morgan fingerprint density at radius 3 is 2.46 bits per heavy atom. The molecule has 0 fully saturated rings. The van der Waals surface area contributed by atoms with Gasteiger partial charge in [0, 0.05) is 25.8 Å². The summed E-state index contributed by atoms with van der Waals surface area (Å²) in [5, 5.41) is 0. The van der Waals surface area contributed by atoms with Gasteiger partial charge < -0.3 is 9.47 Å². The molecule has 0 saturated heterocycles. The summed E-state index contributed by atoms with van der Waals surface area (Å²) in [6.45, 7) is 5.48. The van der Waals surface area contributed by atoms with Crippen molar-refractivity contribution >= 4 is 12.2 Å². The Morgan fingerprint density at radius 2 is 1.83 bits per heavy atom. The molecule has 1 unspecified atom stereocenters. The van der Waals surface area contributed by atoms with Crippen molar-refractivity contribution in [2.24, 2.45) is 4.99 Å². The summed E-state index contributed by atoms with van der Waals surface area (Å²) in [4.78, 5) is 16.2. The number of aliphatic imine (C=N–C) groups is 1. The highest BCUT2D eigenvalue weighted by atomic mass is 16.6. The molecule has 1 rings (SSSR count). The van der Waals surface area contributed by atoms with Crippen LogP contribution in [0.1, 0.15) is 57.1 Å². The minimum atomic E-state index is -0.539. The summed E-state index contributed by atoms with van der Waals surface area (Å²) < 4.78 is 10.2. The van der Waals surface area contributed by atoms with E-state index >= 15 is 0 Å². The quantitative estimate of drug-likeness (QED) is 0.327. The Bertz CT molecular complexity index is 482. The van der Waals surface area contributed by atoms with Crippen LogP contribution >= 0.6 is 0 Å². The Hall–Kier alpha value is -1.68. The number of nitrogens with zero attached hydrogens (tertiary/aromatic N) is 1. The van der Waals surface area contributed by atoms with Crippen LogP contribution in [0.3, 0.4) is 0 Å². The summed E-state index contributed by atoms with van der Waals surface area (Å²) in [6.07, 6.45) is 8.22. The molecular weight excluding hydrogens is 302 g/mol. The molecule has 1 aromatic rings. The lowest BCUT2D eigenvalue weighted by atomic mass is 10.1. The standard InChI is InChI=1S/C20H31NO3/c1-4-6-7-8-9-14-21-16-18-12-10-17(11-13-18)15-19(24-5-2)20(22)23-3/h10-13,16,19H,4-9,14-15H2,1-3H3. The van der Waals surface area contributed by atoms with E-state index < -0.39 is 6.10 Å². The second-order valence-corrected chi connectivity index (χ2v) is 5.86. The average Bonchev–Trinajstić information content (AvgIpc) is 2.61. The molecule has 1 aromatic carbocycles. The van der Waals surface area contributed by atoms with Gasteiger partial charge in [0.05, 0.1) is 7.11 Å². The number of carbonyl (C=O) groups excluding carboxylic acids is 1. The number of methoxy groups -OCH3 is 1. The Morgan fingerprint density at radius 1 is 1.12 bits per heavy atom. The van der Waals surface area contributed by atoms with Crippen LogP contribution in [0.4, 0.5) is 0 Å². The highest BCUT2D eigenvalue weighted by Crippen LogP contribution is 2.09. The van der Waals surface area contributed by atoms with Crippen molar-refractivity contribution in [3.05, 3.63) is 35.4 Å². The van der Waals surface area contributed by atoms with Crippen LogP contribution in [0.2, 0.25) is 0 Å². The molecule has 0 aliphatic heterocycles. The van der Waals surface area contributed by atoms with E-state index in [1.54, 1.807) is 0 Å². The molecule has 0 bridgehead atoms. The summed E-state index contributed by atoms with van der Waals surface area (Å²) in [5.41, 5.74) is 2.13. The van der Waals surface area contributed by atoms with Crippen LogP contribution in [0.25, 0.3) is 0 Å². The molecule has 134 valence electrons. The number of unbranched alkanes of at least 4 members (excludes halogenated alkanes) is 4. The number of hydrogen-bond acceptors (Lipinski definition) is 4. The van der Waals surface area contributed by atoms with E-state index in [1.165, 1.54) is 32.8 Å². The molecule has 4 nitrogen and oxygen atoms in total. The normalized spacial score (nSPS) is 12.5. The summed E-state index contributed by atoms with van der Waals surface area (Å²) >= 11 is 0. The molecule has 0 radical (unpaired) electrons. The second-order valence-electron chi connectivity index (χ2n) is 5.86. The molecular formula is C20H31NO3. The number of ether oxygens (including phenoxy) is 2. The van der Waals surface area contributed by atoms with Crippen molar-refractivity contribution in [2.45, 2.75) is 58.5 Å². The molecule has 4 heteroatoms. The predicted octanol–water partition coefficient (Wildman–Crippen LogP) is 4.20. The van der Waals surface area contributed by atoms with Gasteiger partial charge >= 0.3 is 5.97 Å². The summed E-state index contributed by atoms with van der Waals surface area (Å²) in [7, 11) is 1.39. The molecule has 0 aliphatic carbocycles. The van der Waals surface area contributed by atoms with Gasteiger partial charge in [-0.1, -0.05) is 56.9 Å². The minimum Gasteiger partial charge on any atom is -0.467 e. The van der Waals surface area contributed by atoms with Crippen LogP contribution in [0.5, 0.6) is 0 Å². The molecule has 0 saturated carbocycles. The van der Waals surface area contributed by atoms with Gasteiger partial charge in [-0.15, -0.1) is 0 Å². The molecule has 24 heavy (non-hydrogen) atoms. The van der Waals surface area contributed by atoms with Crippen molar-refractivity contribution in [1.82, 2.24) is 0 Å². The van der Waals surface area contributed by atoms with Crippen molar-refractivity contribution in [3.8, 4) is 0 Å². The maximum atomic E-state index is 11.7. The zero-order valence-electron chi connectivity index (χ0n) is 15.3. The zero-order chi connectivity index (χ0) is 17.6. The third-order valence-corrected chi connectivity index (χ3v) is 3.86. The first-order valence-corrected chi connectivity index (χ1v) is 8.99. The van der Waals surface area contributed by atoms with Crippen molar-refractivity contribution in [3.63, 3.8) is 0 Å². The molecule has 1 atom stereocenters. The van der Waals surface area contributed by atoms with Gasteiger partial charge in [-0.05, 0) is 24.5 Å². The highest BCUT2D eigenvalue weighted by Gasteiger charge is 2.19. The number of carbonyl (C=O) groups is 1. The van der Waals surface area contributed by atoms with Crippen LogP contribution in [0.15, 0.2) is 29.3 Å². The lowest BCUT2D eigenvalue weighted by Crippen LogP contribution is -2.28. The maximum Gasteiger partial charge on any atom is 0.335 e. The lowest BCUT2D eigenvalue weighted by molar-refractivity contribution is -0.153. The number of hydrogen-bond donors (Lipinski definition) is 0. The molecule has 0 N–H and O–H groups in total. The third-order valence-electron chi connectivity index (χ3n) is 3.86. The first-order valence-electron chi connectivity index (χ1n) is 8.99. The highest BCUT2D eigenvalue weighted by molar-refractivity contribution is 5.79. The van der Waals surface area contributed by atoms with E-state index in [-0.39, 0.29) is 5.97 Å². The fourth-order valence-electron chi connectivity index (χ4n) is 2.47. The Labute approximate surface area is 146 Å². The fraction of sp³-hybridized carbons (Fsp3) is 0.600. The fourth-order valence-corrected chi connectivity index (χ4v) is 2.47. The van der Waals surface area contributed by atoms with Gasteiger partial charge in [0.15, 0.2) is 6.10 Å². The van der Waals surface area contributed by atoms with Gasteiger partial charge in [0.25, 0.3) is 0 Å². The third kappa shape index (κ3) is 8.25. The second kappa shape index (κ2) is 12.7. The van der Waals surface area contributed by atoms with Gasteiger partial charge in [-0.25, -0.2) is 4.79 Å². The van der Waals surface area contributed by atoms with E-state index in [0.717, 1.165) is 24.1 Å². The SMILES string of the molecule is CCCCCCCN=Cc1ccc(CC(OCC)C(=O)OC)cc1. The van der Waals surface area contributed by atoms with Crippen LogP contribution in [0, 0.1) is 0 Å². The smallest absolute Gasteiger partial charge is 0.335 e. The molecule has 0 aliphatic rings. The van der Waals surface area contributed by atoms with E-state index in [1.807, 2.05) is 37.4 Å². The predicted molar refractivity (Wildman–Crippen MR) is 98.8 cm³/mol. The molecule has 0 spiro atoms. The average molecular weight is 333 g/mol.